The van der Waals surface area contributed by atoms with Crippen molar-refractivity contribution in [3.8, 4) is 0 Å². The molecular weight excluding hydrogens is 167 g/mol. The van der Waals surface area contributed by atoms with E-state index in [1.54, 1.807) is 6.07 Å². The molecule has 0 radical (unpaired) electrons. The molecule has 0 N–H and O–H groups in total. The highest BCUT2D eigenvalue weighted by Crippen LogP contribution is 2.48. The Balaban J connectivity index is 2.50. The van der Waals surface area contributed by atoms with E-state index >= 15 is 0 Å². The van der Waals surface area contributed by atoms with Gasteiger partial charge in [-0.1, -0.05) is 13.0 Å². The fraction of sp³-hybridized carbons (Fsp3) is 0.364. The summed E-state index contributed by atoms with van der Waals surface area (Å²) in [4.78, 5) is 10.7. The molecule has 1 aromatic carbocycles. The third-order valence-corrected chi connectivity index (χ3v) is 2.79. The average Bonchev–Trinajstić information content (AvgIpc) is 2.84. The predicted octanol–water partition coefficient (Wildman–Crippen LogP) is 2.69. The Morgan fingerprint density at radius 2 is 2.15 bits per heavy atom. The van der Waals surface area contributed by atoms with Gasteiger partial charge in [0.1, 0.15) is 12.1 Å². The number of hydrogen-bond acceptors (Lipinski definition) is 1. The maximum Gasteiger partial charge on any atom is 0.150 e. The lowest BCUT2D eigenvalue weighted by molar-refractivity contribution is 0.112. The van der Waals surface area contributed by atoms with Gasteiger partial charge >= 0.3 is 0 Å². The minimum absolute atomic E-state index is 0.129. The lowest BCUT2D eigenvalue weighted by Crippen LogP contribution is -2.04. The van der Waals surface area contributed by atoms with Crippen LogP contribution >= 0.6 is 0 Å². The molecule has 1 saturated carbocycles. The molecule has 0 unspecified atom stereocenters. The normalized spacial score (nSPS) is 18.3. The molecule has 2 heteroatoms. The van der Waals surface area contributed by atoms with Gasteiger partial charge in [0.15, 0.2) is 0 Å². The van der Waals surface area contributed by atoms with Gasteiger partial charge in [0.25, 0.3) is 0 Å². The highest BCUT2D eigenvalue weighted by Gasteiger charge is 2.40. The van der Waals surface area contributed by atoms with E-state index in [1.165, 1.54) is 12.1 Å². The summed E-state index contributed by atoms with van der Waals surface area (Å²) in [6.45, 7) is 2.10. The summed E-state index contributed by atoms with van der Waals surface area (Å²) in [6, 6.07) is 4.46. The Bertz CT molecular complexity index is 353. The fourth-order valence-corrected chi connectivity index (χ4v) is 1.64. The second kappa shape index (κ2) is 2.66. The Morgan fingerprint density at radius 1 is 1.46 bits per heavy atom. The molecule has 13 heavy (non-hydrogen) atoms. The average molecular weight is 178 g/mol. The molecule has 0 saturated heterocycles. The molecule has 0 aromatic heterocycles. The second-order valence-electron chi connectivity index (χ2n) is 3.91. The van der Waals surface area contributed by atoms with Crippen LogP contribution in [-0.2, 0) is 5.41 Å². The molecule has 0 spiro atoms. The molecule has 0 amide bonds. The van der Waals surface area contributed by atoms with Gasteiger partial charge in [-0.05, 0) is 36.0 Å². The van der Waals surface area contributed by atoms with Crippen LogP contribution in [0.2, 0.25) is 0 Å². The first-order chi connectivity index (χ1) is 6.15. The standard InChI is InChI=1S/C11H11FO/c1-11(4-5-11)10-3-2-9(12)6-8(10)7-13/h2-3,6-7H,4-5H2,1H3. The van der Waals surface area contributed by atoms with Crippen LogP contribution in [0.3, 0.4) is 0 Å². The highest BCUT2D eigenvalue weighted by molar-refractivity contribution is 5.78. The summed E-state index contributed by atoms with van der Waals surface area (Å²) in [5.41, 5.74) is 1.62. The van der Waals surface area contributed by atoms with Crippen LogP contribution in [0.4, 0.5) is 4.39 Å². The molecule has 1 aliphatic carbocycles. The number of benzene rings is 1. The maximum absolute atomic E-state index is 12.8. The maximum atomic E-state index is 12.8. The Morgan fingerprint density at radius 3 is 2.69 bits per heavy atom. The van der Waals surface area contributed by atoms with E-state index in [1.807, 2.05) is 0 Å². The summed E-state index contributed by atoms with van der Waals surface area (Å²) in [6.07, 6.45) is 2.93. The summed E-state index contributed by atoms with van der Waals surface area (Å²) in [5.74, 6) is -0.338. The van der Waals surface area contributed by atoms with Gasteiger partial charge in [0, 0.05) is 5.56 Å². The van der Waals surface area contributed by atoms with Gasteiger partial charge < -0.3 is 0 Å². The van der Waals surface area contributed by atoms with E-state index in [2.05, 4.69) is 6.92 Å². The molecule has 0 heterocycles. The molecule has 2 rings (SSSR count). The molecule has 1 aliphatic rings. The minimum atomic E-state index is -0.338. The van der Waals surface area contributed by atoms with Crippen molar-refractivity contribution < 1.29 is 9.18 Å². The summed E-state index contributed by atoms with van der Waals surface area (Å²) in [7, 11) is 0. The zero-order valence-electron chi connectivity index (χ0n) is 7.51. The predicted molar refractivity (Wildman–Crippen MR) is 48.4 cm³/mol. The Labute approximate surface area is 76.6 Å². The summed E-state index contributed by atoms with van der Waals surface area (Å²) < 4.78 is 12.8. The van der Waals surface area contributed by atoms with Gasteiger partial charge in [-0.2, -0.15) is 0 Å². The zero-order valence-corrected chi connectivity index (χ0v) is 7.51. The summed E-state index contributed by atoms with van der Waals surface area (Å²) in [5, 5.41) is 0. The van der Waals surface area contributed by atoms with Gasteiger partial charge in [-0.25, -0.2) is 4.39 Å². The van der Waals surface area contributed by atoms with Crippen molar-refractivity contribution in [1.82, 2.24) is 0 Å². The van der Waals surface area contributed by atoms with Crippen LogP contribution in [-0.4, -0.2) is 6.29 Å². The first-order valence-corrected chi connectivity index (χ1v) is 4.41. The van der Waals surface area contributed by atoms with Crippen molar-refractivity contribution in [3.63, 3.8) is 0 Å². The molecule has 68 valence electrons. The highest BCUT2D eigenvalue weighted by atomic mass is 19.1. The Kier molecular flexibility index (Phi) is 1.72. The molecular formula is C11H11FO. The number of rotatable bonds is 2. The van der Waals surface area contributed by atoms with E-state index in [4.69, 9.17) is 0 Å². The van der Waals surface area contributed by atoms with E-state index in [9.17, 15) is 9.18 Å². The van der Waals surface area contributed by atoms with Crippen LogP contribution in [0.5, 0.6) is 0 Å². The monoisotopic (exact) mass is 178 g/mol. The number of aldehydes is 1. The van der Waals surface area contributed by atoms with Crippen LogP contribution < -0.4 is 0 Å². The Hall–Kier alpha value is -1.18. The third-order valence-electron chi connectivity index (χ3n) is 2.79. The quantitative estimate of drug-likeness (QED) is 0.636. The van der Waals surface area contributed by atoms with Crippen molar-refractivity contribution in [2.24, 2.45) is 0 Å². The van der Waals surface area contributed by atoms with Gasteiger partial charge in [0.05, 0.1) is 0 Å². The van der Waals surface area contributed by atoms with Crippen molar-refractivity contribution >= 4 is 6.29 Å². The summed E-state index contributed by atoms with van der Waals surface area (Å²) >= 11 is 0. The van der Waals surface area contributed by atoms with Gasteiger partial charge in [0.2, 0.25) is 0 Å². The first-order valence-electron chi connectivity index (χ1n) is 4.41. The lowest BCUT2D eigenvalue weighted by Gasteiger charge is -2.10. The first kappa shape index (κ1) is 8.42. The van der Waals surface area contributed by atoms with Gasteiger partial charge in [-0.15, -0.1) is 0 Å². The minimum Gasteiger partial charge on any atom is -0.298 e. The lowest BCUT2D eigenvalue weighted by atomic mass is 9.94. The van der Waals surface area contributed by atoms with E-state index in [0.29, 0.717) is 5.56 Å². The molecule has 0 atom stereocenters. The second-order valence-corrected chi connectivity index (χ2v) is 3.91. The van der Waals surface area contributed by atoms with Crippen molar-refractivity contribution in [1.29, 1.82) is 0 Å². The fourth-order valence-electron chi connectivity index (χ4n) is 1.64. The van der Waals surface area contributed by atoms with Crippen LogP contribution in [0.25, 0.3) is 0 Å². The van der Waals surface area contributed by atoms with Gasteiger partial charge in [-0.3, -0.25) is 4.79 Å². The van der Waals surface area contributed by atoms with Crippen LogP contribution in [0.1, 0.15) is 35.7 Å². The molecule has 1 aromatic rings. The number of carbonyl (C=O) groups is 1. The topological polar surface area (TPSA) is 17.1 Å². The van der Waals surface area contributed by atoms with Crippen molar-refractivity contribution in [2.75, 3.05) is 0 Å². The number of halogens is 1. The van der Waals surface area contributed by atoms with Crippen molar-refractivity contribution in [3.05, 3.63) is 35.1 Å². The smallest absolute Gasteiger partial charge is 0.150 e. The van der Waals surface area contributed by atoms with E-state index in [-0.39, 0.29) is 11.2 Å². The van der Waals surface area contributed by atoms with Crippen LogP contribution in [0.15, 0.2) is 18.2 Å². The number of carbonyl (C=O) groups excluding carboxylic acids is 1. The van der Waals surface area contributed by atoms with Crippen LogP contribution in [0, 0.1) is 5.82 Å². The number of hydrogen-bond donors (Lipinski definition) is 0. The SMILES string of the molecule is CC1(c2ccc(F)cc2C=O)CC1. The molecule has 0 aliphatic heterocycles. The van der Waals surface area contributed by atoms with Crippen molar-refractivity contribution in [2.45, 2.75) is 25.2 Å². The largest absolute Gasteiger partial charge is 0.298 e. The zero-order chi connectivity index (χ0) is 9.47. The third kappa shape index (κ3) is 1.37. The molecule has 0 bridgehead atoms. The van der Waals surface area contributed by atoms with E-state index < -0.39 is 0 Å². The van der Waals surface area contributed by atoms with E-state index in [0.717, 1.165) is 24.7 Å². The molecule has 1 fully saturated rings. The molecule has 1 nitrogen and oxygen atoms in total.